The van der Waals surface area contributed by atoms with Gasteiger partial charge in [-0.2, -0.15) is 5.10 Å². The highest BCUT2D eigenvalue weighted by molar-refractivity contribution is 5.88. The van der Waals surface area contributed by atoms with E-state index in [9.17, 15) is 9.59 Å². The molecule has 3 amide bonds. The summed E-state index contributed by atoms with van der Waals surface area (Å²) in [6.45, 7) is 3.52. The highest BCUT2D eigenvalue weighted by Gasteiger charge is 2.30. The topological polar surface area (TPSA) is 91.7 Å². The summed E-state index contributed by atoms with van der Waals surface area (Å²) in [5, 5.41) is 9.75. The van der Waals surface area contributed by atoms with Crippen molar-refractivity contribution in [2.75, 3.05) is 52.8 Å². The van der Waals surface area contributed by atoms with Gasteiger partial charge in [-0.3, -0.25) is 14.4 Å². The van der Waals surface area contributed by atoms with Gasteiger partial charge in [-0.15, -0.1) is 0 Å². The molecule has 0 radical (unpaired) electrons. The zero-order valence-electron chi connectivity index (χ0n) is 15.9. The van der Waals surface area contributed by atoms with Crippen LogP contribution in [0, 0.1) is 0 Å². The number of nitrogens with zero attached hydrogens (tertiary/aromatic N) is 4. The molecule has 1 saturated heterocycles. The number of likely N-dealkylation sites (N-methyl/N-ethyl adjacent to an activating group) is 1. The van der Waals surface area contributed by atoms with E-state index in [1.165, 1.54) is 0 Å². The van der Waals surface area contributed by atoms with Crippen LogP contribution >= 0.6 is 0 Å². The Morgan fingerprint density at radius 3 is 2.92 bits per heavy atom. The van der Waals surface area contributed by atoms with E-state index in [1.807, 2.05) is 0 Å². The number of anilines is 1. The molecule has 0 spiro atoms. The maximum absolute atomic E-state index is 12.2. The molecule has 2 N–H and O–H groups in total. The third-order valence-electron chi connectivity index (χ3n) is 4.41. The highest BCUT2D eigenvalue weighted by Crippen LogP contribution is 2.18. The zero-order valence-corrected chi connectivity index (χ0v) is 15.9. The fraction of sp³-hybridized carbons (Fsp3) is 0.706. The van der Waals surface area contributed by atoms with Gasteiger partial charge in [0.15, 0.2) is 0 Å². The summed E-state index contributed by atoms with van der Waals surface area (Å²) in [7, 11) is 5.22. The first-order valence-electron chi connectivity index (χ1n) is 9.02. The predicted molar refractivity (Wildman–Crippen MR) is 99.0 cm³/mol. The second-order valence-electron chi connectivity index (χ2n) is 6.65. The second-order valence-corrected chi connectivity index (χ2v) is 6.65. The van der Waals surface area contributed by atoms with Crippen LogP contribution < -0.4 is 10.6 Å². The van der Waals surface area contributed by atoms with Gasteiger partial charge < -0.3 is 20.3 Å². The summed E-state index contributed by atoms with van der Waals surface area (Å²) < 4.78 is 6.71. The van der Waals surface area contributed by atoms with Gasteiger partial charge in [0.05, 0.1) is 31.1 Å². The molecular weight excluding hydrogens is 336 g/mol. The molecule has 146 valence electrons. The minimum atomic E-state index is -0.251. The van der Waals surface area contributed by atoms with Crippen LogP contribution in [-0.4, -0.2) is 85.0 Å². The number of aromatic nitrogens is 2. The monoisotopic (exact) mass is 366 g/mol. The minimum absolute atomic E-state index is 0.0169. The Morgan fingerprint density at radius 2 is 2.19 bits per heavy atom. The Bertz CT molecular complexity index is 589. The fourth-order valence-corrected chi connectivity index (χ4v) is 3.07. The minimum Gasteiger partial charge on any atom is -0.383 e. The standard InChI is InChI=1S/C17H30N6O3/c1-21(2)16(24)15-6-4-8-22(15)9-5-7-18-17(25)20-14-12-19-23(13-14)10-11-26-3/h12-13,15H,4-11H2,1-3H3,(H2,18,20,25). The number of nitrogens with one attached hydrogen (secondary N) is 2. The number of rotatable bonds is 9. The first-order valence-corrected chi connectivity index (χ1v) is 9.02. The average Bonchev–Trinajstić information content (AvgIpc) is 3.25. The summed E-state index contributed by atoms with van der Waals surface area (Å²) in [4.78, 5) is 28.0. The van der Waals surface area contributed by atoms with Crippen LogP contribution in [0.1, 0.15) is 19.3 Å². The van der Waals surface area contributed by atoms with Crippen LogP contribution in [0.25, 0.3) is 0 Å². The lowest BCUT2D eigenvalue weighted by Gasteiger charge is -2.26. The number of amides is 3. The van der Waals surface area contributed by atoms with Crippen molar-refractivity contribution in [2.45, 2.75) is 31.8 Å². The molecule has 1 aromatic rings. The van der Waals surface area contributed by atoms with Crippen LogP contribution in [0.5, 0.6) is 0 Å². The lowest BCUT2D eigenvalue weighted by Crippen LogP contribution is -2.43. The third-order valence-corrected chi connectivity index (χ3v) is 4.41. The van der Waals surface area contributed by atoms with Gasteiger partial charge in [-0.05, 0) is 25.8 Å². The van der Waals surface area contributed by atoms with Crippen molar-refractivity contribution < 1.29 is 14.3 Å². The lowest BCUT2D eigenvalue weighted by atomic mass is 10.2. The van der Waals surface area contributed by atoms with E-state index < -0.39 is 0 Å². The Hall–Kier alpha value is -2.13. The van der Waals surface area contributed by atoms with Gasteiger partial charge in [0.1, 0.15) is 0 Å². The summed E-state index contributed by atoms with van der Waals surface area (Å²) in [6, 6.07) is -0.268. The normalized spacial score (nSPS) is 17.3. The molecule has 26 heavy (non-hydrogen) atoms. The summed E-state index contributed by atoms with van der Waals surface area (Å²) in [5.74, 6) is 0.165. The van der Waals surface area contributed by atoms with Crippen LogP contribution in [0.15, 0.2) is 12.4 Å². The molecule has 9 nitrogen and oxygen atoms in total. The Labute approximate surface area is 154 Å². The number of ether oxygens (including phenoxy) is 1. The number of hydrogen-bond acceptors (Lipinski definition) is 5. The van der Waals surface area contributed by atoms with Gasteiger partial charge in [-0.1, -0.05) is 0 Å². The number of likely N-dealkylation sites (tertiary alicyclic amines) is 1. The van der Waals surface area contributed by atoms with Crippen molar-refractivity contribution in [2.24, 2.45) is 0 Å². The molecule has 0 aromatic carbocycles. The van der Waals surface area contributed by atoms with E-state index in [-0.39, 0.29) is 18.0 Å². The Kier molecular flexibility index (Phi) is 7.86. The first kappa shape index (κ1) is 20.2. The summed E-state index contributed by atoms with van der Waals surface area (Å²) in [5.41, 5.74) is 0.648. The smallest absolute Gasteiger partial charge is 0.319 e. The van der Waals surface area contributed by atoms with Crippen LogP contribution in [-0.2, 0) is 16.1 Å². The number of carbonyl (C=O) groups excluding carboxylic acids is 2. The third kappa shape index (κ3) is 5.99. The van der Waals surface area contributed by atoms with Gasteiger partial charge >= 0.3 is 6.03 Å². The van der Waals surface area contributed by atoms with E-state index in [0.29, 0.717) is 25.4 Å². The van der Waals surface area contributed by atoms with E-state index >= 15 is 0 Å². The molecule has 1 aromatic heterocycles. The molecule has 1 unspecified atom stereocenters. The SMILES string of the molecule is COCCn1cc(NC(=O)NCCCN2CCCC2C(=O)N(C)C)cn1. The Morgan fingerprint density at radius 1 is 1.38 bits per heavy atom. The van der Waals surface area contributed by atoms with Crippen LogP contribution in [0.2, 0.25) is 0 Å². The number of hydrogen-bond donors (Lipinski definition) is 2. The molecule has 2 rings (SSSR count). The molecule has 2 heterocycles. The van der Waals surface area contributed by atoms with Crippen molar-refractivity contribution >= 4 is 17.6 Å². The molecule has 1 atom stereocenters. The molecule has 9 heteroatoms. The quantitative estimate of drug-likeness (QED) is 0.624. The average molecular weight is 366 g/mol. The van der Waals surface area contributed by atoms with Crippen LogP contribution in [0.4, 0.5) is 10.5 Å². The fourth-order valence-electron chi connectivity index (χ4n) is 3.07. The van der Waals surface area contributed by atoms with Crippen molar-refractivity contribution in [3.63, 3.8) is 0 Å². The van der Waals surface area contributed by atoms with E-state index in [2.05, 4.69) is 20.6 Å². The molecule has 0 bridgehead atoms. The molecule has 1 aliphatic heterocycles. The number of methoxy groups -OCH3 is 1. The second kappa shape index (κ2) is 10.1. The van der Waals surface area contributed by atoms with Crippen molar-refractivity contribution in [3.8, 4) is 0 Å². The predicted octanol–water partition coefficient (Wildman–Crippen LogP) is 0.594. The first-order chi connectivity index (χ1) is 12.5. The van der Waals surface area contributed by atoms with Gasteiger partial charge in [-0.25, -0.2) is 4.79 Å². The largest absolute Gasteiger partial charge is 0.383 e. The lowest BCUT2D eigenvalue weighted by molar-refractivity contribution is -0.133. The molecular formula is C17H30N6O3. The van der Waals surface area contributed by atoms with E-state index in [0.717, 1.165) is 32.4 Å². The molecule has 1 aliphatic rings. The summed E-state index contributed by atoms with van der Waals surface area (Å²) in [6.07, 6.45) is 6.14. The maximum atomic E-state index is 12.2. The van der Waals surface area contributed by atoms with Crippen molar-refractivity contribution in [1.29, 1.82) is 0 Å². The van der Waals surface area contributed by atoms with Gasteiger partial charge in [0.2, 0.25) is 5.91 Å². The van der Waals surface area contributed by atoms with Crippen LogP contribution in [0.3, 0.4) is 0 Å². The highest BCUT2D eigenvalue weighted by atomic mass is 16.5. The molecule has 1 fully saturated rings. The number of urea groups is 1. The van der Waals surface area contributed by atoms with Crippen molar-refractivity contribution in [1.82, 2.24) is 24.9 Å². The summed E-state index contributed by atoms with van der Waals surface area (Å²) >= 11 is 0. The van der Waals surface area contributed by atoms with Crippen molar-refractivity contribution in [3.05, 3.63) is 12.4 Å². The maximum Gasteiger partial charge on any atom is 0.319 e. The van der Waals surface area contributed by atoms with E-state index in [1.54, 1.807) is 43.2 Å². The van der Waals surface area contributed by atoms with Gasteiger partial charge in [0, 0.05) is 40.5 Å². The number of carbonyl (C=O) groups is 2. The Balaban J connectivity index is 1.65. The van der Waals surface area contributed by atoms with E-state index in [4.69, 9.17) is 4.74 Å². The molecule has 0 saturated carbocycles. The van der Waals surface area contributed by atoms with Gasteiger partial charge in [0.25, 0.3) is 0 Å². The molecule has 0 aliphatic carbocycles. The zero-order chi connectivity index (χ0) is 18.9.